The lowest BCUT2D eigenvalue weighted by Gasteiger charge is -2.31. The van der Waals surface area contributed by atoms with Gasteiger partial charge in [-0.2, -0.15) is 0 Å². The number of rotatable bonds is 7. The lowest BCUT2D eigenvalue weighted by Crippen LogP contribution is -2.53. The highest BCUT2D eigenvalue weighted by molar-refractivity contribution is 5.79. The zero-order valence-corrected chi connectivity index (χ0v) is 12.4. The summed E-state index contributed by atoms with van der Waals surface area (Å²) in [6, 6.07) is 0. The Hall–Kier alpha value is -0.650. The van der Waals surface area contributed by atoms with Gasteiger partial charge in [-0.3, -0.25) is 4.79 Å². The third-order valence-electron chi connectivity index (χ3n) is 4.95. The highest BCUT2D eigenvalue weighted by Gasteiger charge is 2.47. The zero-order chi connectivity index (χ0) is 14.4. The zero-order valence-electron chi connectivity index (χ0n) is 12.4. The Balaban J connectivity index is 1.71. The maximum Gasteiger partial charge on any atom is 0.324 e. The number of hydrogen-bond donors (Lipinski definition) is 2. The van der Waals surface area contributed by atoms with Crippen LogP contribution >= 0.6 is 0 Å². The quantitative estimate of drug-likeness (QED) is 0.696. The summed E-state index contributed by atoms with van der Waals surface area (Å²) < 4.78 is 11.1. The number of aliphatic carboxylic acids is 1. The molecule has 0 aromatic rings. The molecule has 116 valence electrons. The molecular weight excluding hydrogens is 258 g/mol. The summed E-state index contributed by atoms with van der Waals surface area (Å²) in [7, 11) is 1.76. The van der Waals surface area contributed by atoms with Crippen LogP contribution in [0, 0.1) is 11.8 Å². The average Bonchev–Trinajstić information content (AvgIpc) is 2.89. The molecule has 20 heavy (non-hydrogen) atoms. The molecule has 2 fully saturated rings. The molecule has 1 aliphatic carbocycles. The van der Waals surface area contributed by atoms with E-state index in [1.165, 1.54) is 0 Å². The molecule has 2 N–H and O–H groups in total. The molecule has 0 spiro atoms. The van der Waals surface area contributed by atoms with Gasteiger partial charge in [0.2, 0.25) is 0 Å². The van der Waals surface area contributed by atoms with Crippen molar-refractivity contribution in [2.75, 3.05) is 33.5 Å². The van der Waals surface area contributed by atoms with Crippen LogP contribution in [-0.4, -0.2) is 50.1 Å². The van der Waals surface area contributed by atoms with Crippen molar-refractivity contribution < 1.29 is 19.4 Å². The molecule has 0 radical (unpaired) electrons. The predicted octanol–water partition coefficient (Wildman–Crippen LogP) is 1.66. The van der Waals surface area contributed by atoms with Crippen molar-refractivity contribution in [3.8, 4) is 0 Å². The molecule has 5 nitrogen and oxygen atoms in total. The van der Waals surface area contributed by atoms with Gasteiger partial charge >= 0.3 is 5.97 Å². The van der Waals surface area contributed by atoms with Crippen molar-refractivity contribution in [2.45, 2.75) is 44.1 Å². The molecule has 2 rings (SSSR count). The second kappa shape index (κ2) is 7.38. The van der Waals surface area contributed by atoms with Crippen LogP contribution in [0.1, 0.15) is 38.5 Å². The molecule has 1 saturated carbocycles. The normalized spacial score (nSPS) is 31.6. The molecule has 2 unspecified atom stereocenters. The van der Waals surface area contributed by atoms with E-state index in [1.807, 2.05) is 0 Å². The third-order valence-corrected chi connectivity index (χ3v) is 4.95. The van der Waals surface area contributed by atoms with E-state index in [0.717, 1.165) is 58.3 Å². The van der Waals surface area contributed by atoms with Gasteiger partial charge in [0.05, 0.1) is 0 Å². The second-order valence-electron chi connectivity index (χ2n) is 6.03. The first-order valence-electron chi connectivity index (χ1n) is 7.77. The topological polar surface area (TPSA) is 67.8 Å². The van der Waals surface area contributed by atoms with Gasteiger partial charge in [0.25, 0.3) is 0 Å². The van der Waals surface area contributed by atoms with Gasteiger partial charge < -0.3 is 19.9 Å². The molecule has 2 atom stereocenters. The number of ether oxygens (including phenoxy) is 2. The van der Waals surface area contributed by atoms with Crippen molar-refractivity contribution in [1.29, 1.82) is 0 Å². The Bertz CT molecular complexity index is 317. The molecule has 0 amide bonds. The summed E-state index contributed by atoms with van der Waals surface area (Å²) in [4.78, 5) is 11.5. The molecule has 1 saturated heterocycles. The first-order chi connectivity index (χ1) is 9.69. The third kappa shape index (κ3) is 3.51. The number of hydrogen-bond acceptors (Lipinski definition) is 4. The lowest BCUT2D eigenvalue weighted by atomic mass is 9.85. The first kappa shape index (κ1) is 15.7. The van der Waals surface area contributed by atoms with Crippen molar-refractivity contribution in [1.82, 2.24) is 5.32 Å². The van der Waals surface area contributed by atoms with E-state index in [0.29, 0.717) is 12.5 Å². The Morgan fingerprint density at radius 2 is 2.15 bits per heavy atom. The van der Waals surface area contributed by atoms with E-state index in [1.54, 1.807) is 7.05 Å². The summed E-state index contributed by atoms with van der Waals surface area (Å²) in [6.07, 6.45) is 5.68. The average molecular weight is 285 g/mol. The van der Waals surface area contributed by atoms with E-state index in [2.05, 4.69) is 5.32 Å². The Morgan fingerprint density at radius 1 is 1.40 bits per heavy atom. The van der Waals surface area contributed by atoms with Gasteiger partial charge in [0.15, 0.2) is 0 Å². The van der Waals surface area contributed by atoms with Crippen molar-refractivity contribution in [3.63, 3.8) is 0 Å². The molecule has 0 aromatic carbocycles. The Morgan fingerprint density at radius 3 is 2.80 bits per heavy atom. The maximum atomic E-state index is 11.5. The van der Waals surface area contributed by atoms with Gasteiger partial charge in [-0.15, -0.1) is 0 Å². The van der Waals surface area contributed by atoms with Gasteiger partial charge in [0.1, 0.15) is 5.54 Å². The van der Waals surface area contributed by atoms with Crippen LogP contribution in [0.15, 0.2) is 0 Å². The first-order valence-corrected chi connectivity index (χ1v) is 7.77. The summed E-state index contributed by atoms with van der Waals surface area (Å²) >= 11 is 0. The number of carboxylic acids is 1. The highest BCUT2D eigenvalue weighted by Crippen LogP contribution is 2.38. The molecule has 1 aliphatic heterocycles. The lowest BCUT2D eigenvalue weighted by molar-refractivity contribution is -0.146. The summed E-state index contributed by atoms with van der Waals surface area (Å²) in [5, 5.41) is 12.5. The predicted molar refractivity (Wildman–Crippen MR) is 75.7 cm³/mol. The molecular formula is C15H27NO4. The van der Waals surface area contributed by atoms with Crippen LogP contribution in [0.2, 0.25) is 0 Å². The number of likely N-dealkylation sites (N-methyl/N-ethyl adjacent to an activating group) is 1. The van der Waals surface area contributed by atoms with Crippen LogP contribution < -0.4 is 5.32 Å². The van der Waals surface area contributed by atoms with Gasteiger partial charge in [-0.25, -0.2) is 0 Å². The number of nitrogens with one attached hydrogen (secondary N) is 1. The molecule has 1 heterocycles. The highest BCUT2D eigenvalue weighted by atomic mass is 16.5. The molecule has 0 aromatic heterocycles. The monoisotopic (exact) mass is 285 g/mol. The van der Waals surface area contributed by atoms with Crippen molar-refractivity contribution >= 4 is 5.97 Å². The van der Waals surface area contributed by atoms with E-state index >= 15 is 0 Å². The van der Waals surface area contributed by atoms with Crippen LogP contribution in [0.4, 0.5) is 0 Å². The van der Waals surface area contributed by atoms with Crippen molar-refractivity contribution in [3.05, 3.63) is 0 Å². The van der Waals surface area contributed by atoms with Crippen molar-refractivity contribution in [2.24, 2.45) is 11.8 Å². The molecule has 0 bridgehead atoms. The Labute approximate surface area is 121 Å². The standard InChI is InChI=1S/C15H27NO4/c1-16-15(14(17)18)7-2-3-13(15)6-10-20-11-12-4-8-19-9-5-12/h12-13,16H,2-11H2,1H3,(H,17,18). The van der Waals surface area contributed by atoms with Crippen LogP contribution in [0.5, 0.6) is 0 Å². The fraction of sp³-hybridized carbons (Fsp3) is 0.933. The van der Waals surface area contributed by atoms with Gasteiger partial charge in [0, 0.05) is 26.4 Å². The van der Waals surface area contributed by atoms with Crippen LogP contribution in [0.3, 0.4) is 0 Å². The fourth-order valence-electron chi connectivity index (χ4n) is 3.57. The SMILES string of the molecule is CNC1(C(=O)O)CCCC1CCOCC1CCOCC1. The molecule has 5 heteroatoms. The minimum absolute atomic E-state index is 0.180. The smallest absolute Gasteiger partial charge is 0.324 e. The Kier molecular flexibility index (Phi) is 5.81. The number of carbonyl (C=O) groups is 1. The number of carboxylic acid groups (broad SMARTS) is 1. The summed E-state index contributed by atoms with van der Waals surface area (Å²) in [5.41, 5.74) is -0.734. The minimum atomic E-state index is -0.734. The van der Waals surface area contributed by atoms with E-state index in [4.69, 9.17) is 9.47 Å². The molecule has 2 aliphatic rings. The van der Waals surface area contributed by atoms with Crippen LogP contribution in [0.25, 0.3) is 0 Å². The van der Waals surface area contributed by atoms with Gasteiger partial charge in [-0.1, -0.05) is 6.42 Å². The van der Waals surface area contributed by atoms with E-state index in [9.17, 15) is 9.90 Å². The second-order valence-corrected chi connectivity index (χ2v) is 6.03. The summed E-state index contributed by atoms with van der Waals surface area (Å²) in [6.45, 7) is 3.14. The maximum absolute atomic E-state index is 11.5. The minimum Gasteiger partial charge on any atom is -0.480 e. The van der Waals surface area contributed by atoms with E-state index in [-0.39, 0.29) is 5.92 Å². The summed E-state index contributed by atoms with van der Waals surface area (Å²) in [5.74, 6) is 0.0764. The largest absolute Gasteiger partial charge is 0.480 e. The fourth-order valence-corrected chi connectivity index (χ4v) is 3.57. The van der Waals surface area contributed by atoms with Gasteiger partial charge in [-0.05, 0) is 51.0 Å². The van der Waals surface area contributed by atoms with E-state index < -0.39 is 11.5 Å². The van der Waals surface area contributed by atoms with Crippen LogP contribution in [-0.2, 0) is 14.3 Å².